The van der Waals surface area contributed by atoms with Gasteiger partial charge in [0.2, 0.25) is 0 Å². The Hall–Kier alpha value is -0.360. The summed E-state index contributed by atoms with van der Waals surface area (Å²) < 4.78 is 49.8. The second-order valence-electron chi connectivity index (χ2n) is 10.8. The quantitative estimate of drug-likeness (QED) is 0.0699. The molecule has 0 amide bonds. The van der Waals surface area contributed by atoms with Crippen molar-refractivity contribution in [1.82, 2.24) is 0 Å². The molecular formula is C34H70O9. The Morgan fingerprint density at radius 3 is 0.558 bits per heavy atom. The standard InChI is InChI=1S/C34H70O9/c1-3-5-7-9-11-12-14-16-18-36-20-22-38-24-26-40-28-30-42-32-34-43-33-31-41-29-27-39-25-23-37-21-19-35-17-15-13-10-8-6-4-2/h3-34H2,1-2H3. The van der Waals surface area contributed by atoms with Crippen LogP contribution in [-0.2, 0) is 42.6 Å². The van der Waals surface area contributed by atoms with E-state index in [9.17, 15) is 0 Å². The molecule has 0 fully saturated rings. The molecule has 0 bridgehead atoms. The van der Waals surface area contributed by atoms with Crippen molar-refractivity contribution in [2.45, 2.75) is 104 Å². The molecule has 260 valence electrons. The lowest BCUT2D eigenvalue weighted by Gasteiger charge is -2.09. The van der Waals surface area contributed by atoms with Gasteiger partial charge in [0, 0.05) is 13.2 Å². The Morgan fingerprint density at radius 2 is 0.349 bits per heavy atom. The maximum Gasteiger partial charge on any atom is 0.0701 e. The summed E-state index contributed by atoms with van der Waals surface area (Å²) in [6, 6.07) is 0. The SMILES string of the molecule is CCCCCCCCCCOCCOCCOCCOCCOCCOCCOCCOCCOCCCCCCCC. The van der Waals surface area contributed by atoms with E-state index in [4.69, 9.17) is 42.6 Å². The fraction of sp³-hybridized carbons (Fsp3) is 1.00. The van der Waals surface area contributed by atoms with Crippen molar-refractivity contribution in [3.8, 4) is 0 Å². The van der Waals surface area contributed by atoms with Crippen LogP contribution in [0.25, 0.3) is 0 Å². The van der Waals surface area contributed by atoms with Crippen LogP contribution in [-0.4, -0.2) is 119 Å². The summed E-state index contributed by atoms with van der Waals surface area (Å²) in [5.74, 6) is 0. The minimum absolute atomic E-state index is 0.544. The first-order valence-corrected chi connectivity index (χ1v) is 17.6. The summed E-state index contributed by atoms with van der Waals surface area (Å²) in [4.78, 5) is 0. The molecule has 43 heavy (non-hydrogen) atoms. The molecule has 0 heterocycles. The molecule has 0 atom stereocenters. The maximum atomic E-state index is 5.62. The van der Waals surface area contributed by atoms with Gasteiger partial charge in [0.1, 0.15) is 0 Å². The minimum Gasteiger partial charge on any atom is -0.379 e. The van der Waals surface area contributed by atoms with Crippen molar-refractivity contribution in [1.29, 1.82) is 0 Å². The Bertz CT molecular complexity index is 431. The Morgan fingerprint density at radius 1 is 0.186 bits per heavy atom. The predicted molar refractivity (Wildman–Crippen MR) is 173 cm³/mol. The average Bonchev–Trinajstić information content (AvgIpc) is 3.02. The molecule has 0 aliphatic heterocycles. The van der Waals surface area contributed by atoms with Crippen LogP contribution in [0.3, 0.4) is 0 Å². The van der Waals surface area contributed by atoms with Gasteiger partial charge in [0.25, 0.3) is 0 Å². The first-order chi connectivity index (χ1) is 21.4. The number of hydrogen-bond acceptors (Lipinski definition) is 9. The van der Waals surface area contributed by atoms with Crippen molar-refractivity contribution in [3.63, 3.8) is 0 Å². The lowest BCUT2D eigenvalue weighted by atomic mass is 10.1. The van der Waals surface area contributed by atoms with E-state index >= 15 is 0 Å². The smallest absolute Gasteiger partial charge is 0.0701 e. The van der Waals surface area contributed by atoms with E-state index in [-0.39, 0.29) is 0 Å². The molecule has 0 aromatic carbocycles. The Balaban J connectivity index is 3.02. The van der Waals surface area contributed by atoms with Gasteiger partial charge in [-0.2, -0.15) is 0 Å². The molecule has 0 aromatic heterocycles. The number of ether oxygens (including phenoxy) is 9. The zero-order chi connectivity index (χ0) is 31.0. The molecule has 0 aliphatic rings. The molecule has 0 N–H and O–H groups in total. The minimum atomic E-state index is 0.544. The highest BCUT2D eigenvalue weighted by atomic mass is 16.6. The van der Waals surface area contributed by atoms with E-state index in [0.717, 1.165) is 26.1 Å². The van der Waals surface area contributed by atoms with Crippen LogP contribution in [0.2, 0.25) is 0 Å². The van der Waals surface area contributed by atoms with E-state index in [1.54, 1.807) is 0 Å². The van der Waals surface area contributed by atoms with Gasteiger partial charge in [-0.25, -0.2) is 0 Å². The summed E-state index contributed by atoms with van der Waals surface area (Å²) in [5, 5.41) is 0. The molecular weight excluding hydrogens is 552 g/mol. The van der Waals surface area contributed by atoms with E-state index < -0.39 is 0 Å². The maximum absolute atomic E-state index is 5.62. The fourth-order valence-corrected chi connectivity index (χ4v) is 4.18. The van der Waals surface area contributed by atoms with Crippen molar-refractivity contribution in [2.24, 2.45) is 0 Å². The van der Waals surface area contributed by atoms with Gasteiger partial charge in [-0.05, 0) is 12.8 Å². The van der Waals surface area contributed by atoms with Crippen molar-refractivity contribution in [2.75, 3.05) is 119 Å². The molecule has 0 unspecified atom stereocenters. The van der Waals surface area contributed by atoms with Crippen molar-refractivity contribution < 1.29 is 42.6 Å². The topological polar surface area (TPSA) is 83.1 Å². The molecule has 0 rings (SSSR count). The number of hydrogen-bond donors (Lipinski definition) is 0. The van der Waals surface area contributed by atoms with Gasteiger partial charge >= 0.3 is 0 Å². The molecule has 0 aromatic rings. The molecule has 9 nitrogen and oxygen atoms in total. The molecule has 0 aliphatic carbocycles. The Kier molecular flexibility index (Phi) is 41.3. The van der Waals surface area contributed by atoms with Crippen molar-refractivity contribution in [3.05, 3.63) is 0 Å². The van der Waals surface area contributed by atoms with Gasteiger partial charge in [-0.3, -0.25) is 0 Å². The van der Waals surface area contributed by atoms with Crippen LogP contribution in [0.4, 0.5) is 0 Å². The summed E-state index contributed by atoms with van der Waals surface area (Å²) in [6.07, 6.45) is 18.3. The largest absolute Gasteiger partial charge is 0.379 e. The molecule has 0 saturated carbocycles. The fourth-order valence-electron chi connectivity index (χ4n) is 4.18. The van der Waals surface area contributed by atoms with Crippen LogP contribution in [0.5, 0.6) is 0 Å². The van der Waals surface area contributed by atoms with E-state index in [1.165, 1.54) is 77.0 Å². The molecule has 0 saturated heterocycles. The zero-order valence-electron chi connectivity index (χ0n) is 28.3. The predicted octanol–water partition coefficient (Wildman–Crippen LogP) is 6.64. The van der Waals surface area contributed by atoms with Gasteiger partial charge < -0.3 is 42.6 Å². The third-order valence-corrected chi connectivity index (χ3v) is 6.76. The lowest BCUT2D eigenvalue weighted by Crippen LogP contribution is -2.15. The Labute approximate surface area is 265 Å². The van der Waals surface area contributed by atoms with Crippen molar-refractivity contribution >= 4 is 0 Å². The number of rotatable bonds is 40. The normalized spacial score (nSPS) is 11.6. The summed E-state index contributed by atoms with van der Waals surface area (Å²) in [6.45, 7) is 15.4. The van der Waals surface area contributed by atoms with Crippen LogP contribution in [0.15, 0.2) is 0 Å². The van der Waals surface area contributed by atoms with E-state index in [0.29, 0.717) is 106 Å². The van der Waals surface area contributed by atoms with Gasteiger partial charge in [0.15, 0.2) is 0 Å². The third-order valence-electron chi connectivity index (χ3n) is 6.76. The van der Waals surface area contributed by atoms with Crippen LogP contribution in [0.1, 0.15) is 104 Å². The third kappa shape index (κ3) is 41.6. The van der Waals surface area contributed by atoms with Crippen LogP contribution < -0.4 is 0 Å². The molecule has 9 heteroatoms. The van der Waals surface area contributed by atoms with Gasteiger partial charge in [-0.1, -0.05) is 90.9 Å². The first kappa shape index (κ1) is 42.6. The van der Waals surface area contributed by atoms with E-state index in [2.05, 4.69) is 13.8 Å². The highest BCUT2D eigenvalue weighted by Gasteiger charge is 1.97. The summed E-state index contributed by atoms with van der Waals surface area (Å²) >= 11 is 0. The number of unbranched alkanes of at least 4 members (excludes halogenated alkanes) is 12. The van der Waals surface area contributed by atoms with Crippen LogP contribution >= 0.6 is 0 Å². The first-order valence-electron chi connectivity index (χ1n) is 17.6. The highest BCUT2D eigenvalue weighted by molar-refractivity contribution is 4.46. The average molecular weight is 623 g/mol. The van der Waals surface area contributed by atoms with Crippen LogP contribution in [0, 0.1) is 0 Å². The summed E-state index contributed by atoms with van der Waals surface area (Å²) in [7, 11) is 0. The highest BCUT2D eigenvalue weighted by Crippen LogP contribution is 2.08. The van der Waals surface area contributed by atoms with Gasteiger partial charge in [-0.15, -0.1) is 0 Å². The zero-order valence-corrected chi connectivity index (χ0v) is 28.3. The molecule has 0 radical (unpaired) electrons. The monoisotopic (exact) mass is 623 g/mol. The second kappa shape index (κ2) is 41.6. The second-order valence-corrected chi connectivity index (χ2v) is 10.8. The van der Waals surface area contributed by atoms with Gasteiger partial charge in [0.05, 0.1) is 106 Å². The molecule has 0 spiro atoms. The lowest BCUT2D eigenvalue weighted by molar-refractivity contribution is -0.0250. The van der Waals surface area contributed by atoms with E-state index in [1.807, 2.05) is 0 Å². The summed E-state index contributed by atoms with van der Waals surface area (Å²) in [5.41, 5.74) is 0.